The highest BCUT2D eigenvalue weighted by Gasteiger charge is 2.33. The van der Waals surface area contributed by atoms with Gasteiger partial charge in [-0.2, -0.15) is 0 Å². The highest BCUT2D eigenvalue weighted by molar-refractivity contribution is 7.18. The lowest BCUT2D eigenvalue weighted by atomic mass is 9.82. The van der Waals surface area contributed by atoms with Gasteiger partial charge in [0, 0.05) is 24.9 Å². The Balaban J connectivity index is 1.98. The van der Waals surface area contributed by atoms with Crippen LogP contribution in [0.1, 0.15) is 42.3 Å². The number of amides is 1. The Hall–Kier alpha value is -2.18. The van der Waals surface area contributed by atoms with Crippen LogP contribution in [0.3, 0.4) is 0 Å². The zero-order valence-corrected chi connectivity index (χ0v) is 16.8. The number of nitrogens with zero attached hydrogens (tertiary/aromatic N) is 2. The zero-order valence-electron chi connectivity index (χ0n) is 16.0. The molecule has 1 amide bonds. The first-order chi connectivity index (χ1) is 12.9. The standard InChI is InChI=1S/C21H26N2O3S/c1-14-9-11-16(12-10-14)20(24)23(22(2)3)17-13-18(27-19(17)21(25)26)15-7-5-4-6-8-15/h4-8,13-14,16H,9-12H2,1-3H3,(H,25,26). The van der Waals surface area contributed by atoms with Gasteiger partial charge in [0.2, 0.25) is 5.91 Å². The summed E-state index contributed by atoms with van der Waals surface area (Å²) in [6.07, 6.45) is 3.82. The van der Waals surface area contributed by atoms with Gasteiger partial charge in [0.25, 0.3) is 0 Å². The van der Waals surface area contributed by atoms with E-state index in [1.54, 1.807) is 24.1 Å². The number of hydrogen-bond donors (Lipinski definition) is 1. The smallest absolute Gasteiger partial charge is 0.348 e. The van der Waals surface area contributed by atoms with Crippen molar-refractivity contribution < 1.29 is 14.7 Å². The molecule has 0 atom stereocenters. The van der Waals surface area contributed by atoms with Gasteiger partial charge in [0.1, 0.15) is 4.88 Å². The molecule has 1 heterocycles. The van der Waals surface area contributed by atoms with Gasteiger partial charge in [-0.3, -0.25) is 4.79 Å². The minimum atomic E-state index is -1.01. The summed E-state index contributed by atoms with van der Waals surface area (Å²) in [4.78, 5) is 26.2. The number of hydrazine groups is 1. The van der Waals surface area contributed by atoms with Crippen molar-refractivity contribution in [1.29, 1.82) is 0 Å². The molecule has 1 fully saturated rings. The van der Waals surface area contributed by atoms with Gasteiger partial charge in [-0.25, -0.2) is 14.8 Å². The van der Waals surface area contributed by atoms with E-state index >= 15 is 0 Å². The zero-order chi connectivity index (χ0) is 19.6. The molecule has 0 aliphatic heterocycles. The van der Waals surface area contributed by atoms with Gasteiger partial charge < -0.3 is 5.11 Å². The van der Waals surface area contributed by atoms with Gasteiger partial charge in [0.05, 0.1) is 5.69 Å². The average Bonchev–Trinajstić information content (AvgIpc) is 3.08. The van der Waals surface area contributed by atoms with E-state index in [1.807, 2.05) is 36.4 Å². The second-order valence-corrected chi connectivity index (χ2v) is 8.50. The first-order valence-electron chi connectivity index (χ1n) is 9.32. The minimum absolute atomic E-state index is 0.00758. The summed E-state index contributed by atoms with van der Waals surface area (Å²) in [5.74, 6) is -0.409. The lowest BCUT2D eigenvalue weighted by Gasteiger charge is -2.34. The normalized spacial score (nSPS) is 19.9. The van der Waals surface area contributed by atoms with E-state index < -0.39 is 5.97 Å². The van der Waals surface area contributed by atoms with Crippen LogP contribution in [0, 0.1) is 11.8 Å². The van der Waals surface area contributed by atoms with Crippen molar-refractivity contribution in [1.82, 2.24) is 5.01 Å². The number of benzene rings is 1. The van der Waals surface area contributed by atoms with Crippen LogP contribution >= 0.6 is 11.3 Å². The molecule has 144 valence electrons. The van der Waals surface area contributed by atoms with Crippen molar-refractivity contribution in [2.45, 2.75) is 32.6 Å². The Morgan fingerprint density at radius 2 is 1.70 bits per heavy atom. The maximum atomic E-state index is 13.3. The van der Waals surface area contributed by atoms with E-state index in [1.165, 1.54) is 11.3 Å². The highest BCUT2D eigenvalue weighted by atomic mass is 32.1. The summed E-state index contributed by atoms with van der Waals surface area (Å²) >= 11 is 1.21. The number of aromatic carboxylic acids is 1. The third-order valence-corrected chi connectivity index (χ3v) is 6.33. The lowest BCUT2D eigenvalue weighted by molar-refractivity contribution is -0.126. The van der Waals surface area contributed by atoms with E-state index in [0.29, 0.717) is 11.6 Å². The molecular formula is C21H26N2O3S. The van der Waals surface area contributed by atoms with E-state index in [4.69, 9.17) is 0 Å². The van der Waals surface area contributed by atoms with Gasteiger partial charge in [-0.1, -0.05) is 37.3 Å². The molecule has 0 spiro atoms. The summed E-state index contributed by atoms with van der Waals surface area (Å²) in [5.41, 5.74) is 1.41. The van der Waals surface area contributed by atoms with E-state index in [0.717, 1.165) is 36.1 Å². The van der Waals surface area contributed by atoms with Crippen molar-refractivity contribution >= 4 is 28.9 Å². The molecule has 0 unspecified atom stereocenters. The summed E-state index contributed by atoms with van der Waals surface area (Å²) in [7, 11) is 3.57. The highest BCUT2D eigenvalue weighted by Crippen LogP contribution is 2.39. The Morgan fingerprint density at radius 1 is 1.07 bits per heavy atom. The molecule has 1 aromatic carbocycles. The van der Waals surface area contributed by atoms with E-state index in [-0.39, 0.29) is 16.7 Å². The first-order valence-corrected chi connectivity index (χ1v) is 10.1. The molecule has 1 aromatic heterocycles. The van der Waals surface area contributed by atoms with Crippen LogP contribution in [0.2, 0.25) is 0 Å². The molecule has 0 bridgehead atoms. The molecule has 27 heavy (non-hydrogen) atoms. The van der Waals surface area contributed by atoms with Gasteiger partial charge in [-0.15, -0.1) is 11.3 Å². The maximum absolute atomic E-state index is 13.3. The third-order valence-electron chi connectivity index (χ3n) is 5.17. The molecule has 1 aliphatic rings. The number of carboxylic acids is 1. The Kier molecular flexibility index (Phi) is 5.97. The molecule has 3 rings (SSSR count). The van der Waals surface area contributed by atoms with Gasteiger partial charge in [-0.05, 0) is 43.2 Å². The van der Waals surface area contributed by atoms with Crippen LogP contribution in [-0.4, -0.2) is 36.1 Å². The monoisotopic (exact) mass is 386 g/mol. The Labute approximate surface area is 164 Å². The maximum Gasteiger partial charge on any atom is 0.348 e. The van der Waals surface area contributed by atoms with E-state index in [9.17, 15) is 14.7 Å². The average molecular weight is 387 g/mol. The second-order valence-electron chi connectivity index (χ2n) is 7.45. The van der Waals surface area contributed by atoms with Crippen LogP contribution < -0.4 is 5.01 Å². The van der Waals surface area contributed by atoms with Crippen molar-refractivity contribution in [3.63, 3.8) is 0 Å². The fourth-order valence-electron chi connectivity index (χ4n) is 3.65. The van der Waals surface area contributed by atoms with Crippen LogP contribution in [0.15, 0.2) is 36.4 Å². The number of carboxylic acid groups (broad SMARTS) is 1. The van der Waals surface area contributed by atoms with Gasteiger partial charge in [0.15, 0.2) is 0 Å². The summed E-state index contributed by atoms with van der Waals surface area (Å²) in [6.45, 7) is 2.22. The Morgan fingerprint density at radius 3 is 2.26 bits per heavy atom. The third kappa shape index (κ3) is 4.22. The lowest BCUT2D eigenvalue weighted by Crippen LogP contribution is -2.46. The fraction of sp³-hybridized carbons (Fsp3) is 0.429. The predicted molar refractivity (Wildman–Crippen MR) is 109 cm³/mol. The number of rotatable bonds is 5. The molecule has 1 aliphatic carbocycles. The molecule has 0 radical (unpaired) electrons. The summed E-state index contributed by atoms with van der Waals surface area (Å²) < 4.78 is 0. The molecule has 2 aromatic rings. The molecular weight excluding hydrogens is 360 g/mol. The number of hydrogen-bond acceptors (Lipinski definition) is 4. The van der Waals surface area contributed by atoms with Crippen LogP contribution in [0.5, 0.6) is 0 Å². The molecule has 1 N–H and O–H groups in total. The van der Waals surface area contributed by atoms with Crippen LogP contribution in [0.25, 0.3) is 10.4 Å². The fourth-order valence-corrected chi connectivity index (χ4v) is 4.63. The SMILES string of the molecule is CC1CCC(C(=O)N(c2cc(-c3ccccc3)sc2C(=O)O)N(C)C)CC1. The molecule has 1 saturated carbocycles. The number of anilines is 1. The first kappa shape index (κ1) is 19.6. The summed E-state index contributed by atoms with van der Waals surface area (Å²) in [6, 6.07) is 11.5. The largest absolute Gasteiger partial charge is 0.477 e. The number of thiophene rings is 1. The van der Waals surface area contributed by atoms with Crippen molar-refractivity contribution in [2.24, 2.45) is 11.8 Å². The topological polar surface area (TPSA) is 60.9 Å². The summed E-state index contributed by atoms with van der Waals surface area (Å²) in [5, 5.41) is 13.0. The Bertz CT molecular complexity index is 808. The van der Waals surface area contributed by atoms with Crippen molar-refractivity contribution in [3.05, 3.63) is 41.3 Å². The van der Waals surface area contributed by atoms with E-state index in [2.05, 4.69) is 6.92 Å². The van der Waals surface area contributed by atoms with Crippen molar-refractivity contribution in [2.75, 3.05) is 19.1 Å². The van der Waals surface area contributed by atoms with Crippen LogP contribution in [-0.2, 0) is 4.79 Å². The van der Waals surface area contributed by atoms with Crippen LogP contribution in [0.4, 0.5) is 5.69 Å². The predicted octanol–water partition coefficient (Wildman–Crippen LogP) is 4.75. The molecule has 0 saturated heterocycles. The van der Waals surface area contributed by atoms with Gasteiger partial charge >= 0.3 is 5.97 Å². The molecule has 6 heteroatoms. The second kappa shape index (κ2) is 8.23. The number of carbonyl (C=O) groups excluding carboxylic acids is 1. The number of carbonyl (C=O) groups is 2. The molecule has 5 nitrogen and oxygen atoms in total. The van der Waals surface area contributed by atoms with Crippen molar-refractivity contribution in [3.8, 4) is 10.4 Å². The minimum Gasteiger partial charge on any atom is -0.477 e. The quantitative estimate of drug-likeness (QED) is 0.754.